The highest BCUT2D eigenvalue weighted by Gasteiger charge is 2.51. The lowest BCUT2D eigenvalue weighted by atomic mass is 9.76. The molecular formula is C18H21NO4. The molecule has 122 valence electrons. The number of hydrogen-bond acceptors (Lipinski definition) is 4. The maximum Gasteiger partial charge on any atom is 0.321 e. The first-order valence-electron chi connectivity index (χ1n) is 8.26. The summed E-state index contributed by atoms with van der Waals surface area (Å²) in [5.74, 6) is -1.67. The lowest BCUT2D eigenvalue weighted by molar-refractivity contribution is -0.166. The number of nitrogens with zero attached hydrogens (tertiary/aromatic N) is 1. The van der Waals surface area contributed by atoms with Gasteiger partial charge >= 0.3 is 5.97 Å². The molecule has 0 N–H and O–H groups in total. The molecule has 1 aliphatic rings. The Hall–Kier alpha value is -2.43. The van der Waals surface area contributed by atoms with Gasteiger partial charge in [0, 0.05) is 13.5 Å². The molecule has 1 atom stereocenters. The van der Waals surface area contributed by atoms with Gasteiger partial charge in [0.25, 0.3) is 5.91 Å². The molecule has 1 aromatic rings. The number of ether oxygens (including phenoxy) is 1. The summed E-state index contributed by atoms with van der Waals surface area (Å²) < 4.78 is 12.6. The van der Waals surface area contributed by atoms with Gasteiger partial charge in [-0.15, -0.1) is 0 Å². The summed E-state index contributed by atoms with van der Waals surface area (Å²) in [6, 6.07) is 8.48. The summed E-state index contributed by atoms with van der Waals surface area (Å²) in [6.07, 6.45) is 2.26. The molecule has 1 saturated heterocycles. The highest BCUT2D eigenvalue weighted by Crippen LogP contribution is 2.36. The smallest absolute Gasteiger partial charge is 0.321 e. The first-order valence-corrected chi connectivity index (χ1v) is 7.55. The van der Waals surface area contributed by atoms with Crippen LogP contribution in [0.2, 0.25) is 0 Å². The van der Waals surface area contributed by atoms with Crippen LogP contribution < -0.4 is 0 Å². The summed E-state index contributed by atoms with van der Waals surface area (Å²) in [6.45, 7) is 3.65. The van der Waals surface area contributed by atoms with E-state index in [1.54, 1.807) is 30.3 Å². The monoisotopic (exact) mass is 317 g/mol. The Morgan fingerprint density at radius 2 is 2.17 bits per heavy atom. The van der Waals surface area contributed by atoms with Crippen LogP contribution in [0.4, 0.5) is 0 Å². The highest BCUT2D eigenvalue weighted by atomic mass is 16.5. The van der Waals surface area contributed by atoms with E-state index in [9.17, 15) is 14.4 Å². The second-order valence-corrected chi connectivity index (χ2v) is 5.45. The molecule has 1 unspecified atom stereocenters. The van der Waals surface area contributed by atoms with Crippen LogP contribution in [-0.4, -0.2) is 35.8 Å². The van der Waals surface area contributed by atoms with Gasteiger partial charge in [0.2, 0.25) is 5.91 Å². The Balaban J connectivity index is 2.30. The van der Waals surface area contributed by atoms with Gasteiger partial charge < -0.3 is 4.74 Å². The molecular weight excluding hydrogens is 294 g/mol. The Morgan fingerprint density at radius 1 is 1.43 bits per heavy atom. The third-order valence-corrected chi connectivity index (χ3v) is 4.06. The summed E-state index contributed by atoms with van der Waals surface area (Å²) in [7, 11) is 0. The molecule has 0 radical (unpaired) electrons. The molecule has 1 heterocycles. The van der Waals surface area contributed by atoms with Gasteiger partial charge in [-0.05, 0) is 31.4 Å². The SMILES string of the molecule is [3H]CCC1(C(=O)OCC=C)CCCN(C(=O)c2ccccc2)C1=O. The topological polar surface area (TPSA) is 63.7 Å². The number of esters is 1. The van der Waals surface area contributed by atoms with Crippen LogP contribution in [0.3, 0.4) is 0 Å². The molecule has 5 nitrogen and oxygen atoms in total. The minimum Gasteiger partial charge on any atom is -0.461 e. The number of imide groups is 1. The predicted molar refractivity (Wildman–Crippen MR) is 85.6 cm³/mol. The standard InChI is InChI=1S/C18H21NO4/c1-3-13-23-17(22)18(4-2)11-8-12-19(16(18)21)15(20)14-9-6-5-7-10-14/h3,5-7,9-10H,1,4,8,11-13H2,2H3/i2T. The molecule has 1 aromatic carbocycles. The lowest BCUT2D eigenvalue weighted by Gasteiger charge is -2.38. The van der Waals surface area contributed by atoms with E-state index in [1.165, 1.54) is 6.08 Å². The quantitative estimate of drug-likeness (QED) is 0.362. The number of rotatable bonds is 5. The Bertz CT molecular complexity index is 627. The molecule has 0 aliphatic carbocycles. The second kappa shape index (κ2) is 7.22. The zero-order chi connectivity index (χ0) is 17.6. The van der Waals surface area contributed by atoms with Crippen molar-refractivity contribution in [1.29, 1.82) is 0 Å². The van der Waals surface area contributed by atoms with Crippen molar-refractivity contribution in [2.75, 3.05) is 13.2 Å². The highest BCUT2D eigenvalue weighted by molar-refractivity contribution is 6.12. The summed E-state index contributed by atoms with van der Waals surface area (Å²) in [5, 5.41) is 0. The number of piperidine rings is 1. The van der Waals surface area contributed by atoms with Crippen LogP contribution in [0.15, 0.2) is 43.0 Å². The molecule has 1 fully saturated rings. The number of amides is 2. The normalized spacial score (nSPS) is 21.5. The zero-order valence-electron chi connectivity index (χ0n) is 14.0. The predicted octanol–water partition coefficient (Wildman–Crippen LogP) is 2.57. The van der Waals surface area contributed by atoms with E-state index in [2.05, 4.69) is 6.58 Å². The maximum absolute atomic E-state index is 13.0. The van der Waals surface area contributed by atoms with Crippen molar-refractivity contribution in [3.63, 3.8) is 0 Å². The zero-order valence-corrected chi connectivity index (χ0v) is 13.0. The fraction of sp³-hybridized carbons (Fsp3) is 0.389. The second-order valence-electron chi connectivity index (χ2n) is 5.45. The molecule has 2 rings (SSSR count). The van der Waals surface area contributed by atoms with Crippen molar-refractivity contribution >= 4 is 17.8 Å². The molecule has 0 aromatic heterocycles. The lowest BCUT2D eigenvalue weighted by Crippen LogP contribution is -2.55. The number of likely N-dealkylation sites (tertiary alicyclic amines) is 1. The third kappa shape index (κ3) is 3.18. The van der Waals surface area contributed by atoms with Gasteiger partial charge in [-0.3, -0.25) is 19.3 Å². The molecule has 2 amide bonds. The van der Waals surface area contributed by atoms with E-state index < -0.39 is 23.2 Å². The Morgan fingerprint density at radius 3 is 2.83 bits per heavy atom. The molecule has 0 saturated carbocycles. The van der Waals surface area contributed by atoms with Crippen LogP contribution in [0, 0.1) is 5.41 Å². The van der Waals surface area contributed by atoms with Gasteiger partial charge in [-0.1, -0.05) is 37.8 Å². The van der Waals surface area contributed by atoms with Gasteiger partial charge in [-0.2, -0.15) is 0 Å². The summed E-state index contributed by atoms with van der Waals surface area (Å²) in [5.41, 5.74) is -1.06. The van der Waals surface area contributed by atoms with Crippen LogP contribution in [-0.2, 0) is 14.3 Å². The first-order chi connectivity index (χ1) is 11.6. The number of hydrogen-bond donors (Lipinski definition) is 0. The van der Waals surface area contributed by atoms with Gasteiger partial charge in [0.05, 0.1) is 0 Å². The van der Waals surface area contributed by atoms with Gasteiger partial charge in [0.15, 0.2) is 0 Å². The van der Waals surface area contributed by atoms with E-state index in [1.807, 2.05) is 0 Å². The minimum atomic E-state index is -1.45. The number of carbonyl (C=O) groups is 3. The minimum absolute atomic E-state index is 0.00149. The fourth-order valence-electron chi connectivity index (χ4n) is 2.73. The average Bonchev–Trinajstić information content (AvgIpc) is 2.61. The van der Waals surface area contributed by atoms with Crippen LogP contribution in [0.1, 0.15) is 37.9 Å². The van der Waals surface area contributed by atoms with Crippen LogP contribution in [0.25, 0.3) is 0 Å². The fourth-order valence-corrected chi connectivity index (χ4v) is 2.73. The molecule has 5 heteroatoms. The van der Waals surface area contributed by atoms with Gasteiger partial charge in [0.1, 0.15) is 12.0 Å². The van der Waals surface area contributed by atoms with Crippen LogP contribution >= 0.6 is 0 Å². The van der Waals surface area contributed by atoms with Crippen molar-refractivity contribution in [3.05, 3.63) is 48.6 Å². The molecule has 1 aliphatic heterocycles. The van der Waals surface area contributed by atoms with Crippen molar-refractivity contribution < 1.29 is 20.5 Å². The summed E-state index contributed by atoms with van der Waals surface area (Å²) >= 11 is 0. The van der Waals surface area contributed by atoms with E-state index >= 15 is 0 Å². The first kappa shape index (κ1) is 15.5. The van der Waals surface area contributed by atoms with Crippen molar-refractivity contribution in [1.82, 2.24) is 4.90 Å². The Labute approximate surface area is 137 Å². The van der Waals surface area contributed by atoms with Crippen molar-refractivity contribution in [2.24, 2.45) is 5.41 Å². The van der Waals surface area contributed by atoms with E-state index in [4.69, 9.17) is 6.11 Å². The molecule has 0 bridgehead atoms. The van der Waals surface area contributed by atoms with Crippen molar-refractivity contribution in [3.8, 4) is 0 Å². The number of carbonyl (C=O) groups excluding carboxylic acids is 3. The van der Waals surface area contributed by atoms with Crippen molar-refractivity contribution in [2.45, 2.75) is 26.2 Å². The van der Waals surface area contributed by atoms with Gasteiger partial charge in [-0.25, -0.2) is 0 Å². The molecule has 0 spiro atoms. The summed E-state index contributed by atoms with van der Waals surface area (Å²) in [4.78, 5) is 39.2. The van der Waals surface area contributed by atoms with E-state index in [-0.39, 0.29) is 26.5 Å². The van der Waals surface area contributed by atoms with E-state index in [0.29, 0.717) is 18.4 Å². The number of benzene rings is 1. The van der Waals surface area contributed by atoms with Crippen LogP contribution in [0.5, 0.6) is 0 Å². The molecule has 23 heavy (non-hydrogen) atoms. The largest absolute Gasteiger partial charge is 0.461 e. The average molecular weight is 317 g/mol. The Kier molecular flexibility index (Phi) is 4.86. The van der Waals surface area contributed by atoms with E-state index in [0.717, 1.165) is 4.90 Å². The third-order valence-electron chi connectivity index (χ3n) is 4.06. The maximum atomic E-state index is 13.0.